The van der Waals surface area contributed by atoms with Crippen LogP contribution in [0.15, 0.2) is 12.1 Å². The molecule has 0 aliphatic rings. The Morgan fingerprint density at radius 2 is 1.71 bits per heavy atom. The molecular formula is C14H23ClN2O4. The van der Waals surface area contributed by atoms with Crippen LogP contribution in [-0.2, 0) is 0 Å². The number of hydrogen-bond donors (Lipinski definition) is 1. The molecule has 1 rings (SSSR count). The molecule has 0 bridgehead atoms. The van der Waals surface area contributed by atoms with Crippen molar-refractivity contribution < 1.29 is 14.4 Å². The van der Waals surface area contributed by atoms with Gasteiger partial charge in [0.2, 0.25) is 0 Å². The molecule has 0 aliphatic carbocycles. The van der Waals surface area contributed by atoms with Crippen molar-refractivity contribution >= 4 is 18.1 Å². The standard InChI is InChI=1S/C14H22N2O4.ClH/c1-9(2)5-6-11(15)10-7-13(19-3)14(20-4)8-12(10)16(17)18;/h7-9,11H,5-6,15H2,1-4H3;1H/t11-;/m1./s1. The van der Waals surface area contributed by atoms with Crippen molar-refractivity contribution in [2.75, 3.05) is 14.2 Å². The lowest BCUT2D eigenvalue weighted by atomic mass is 9.96. The van der Waals surface area contributed by atoms with Crippen molar-refractivity contribution in [3.05, 3.63) is 27.8 Å². The molecule has 0 aromatic heterocycles. The van der Waals surface area contributed by atoms with Gasteiger partial charge in [-0.1, -0.05) is 13.8 Å². The molecule has 1 atom stereocenters. The SMILES string of the molecule is COc1cc([C@H](N)CCC(C)C)c([N+](=O)[O-])cc1OC.Cl. The first kappa shape index (κ1) is 19.5. The minimum absolute atomic E-state index is 0. The van der Waals surface area contributed by atoms with Gasteiger partial charge in [0.15, 0.2) is 11.5 Å². The first-order valence-electron chi connectivity index (χ1n) is 6.56. The molecule has 120 valence electrons. The maximum Gasteiger partial charge on any atom is 0.278 e. The smallest absolute Gasteiger partial charge is 0.278 e. The Hall–Kier alpha value is -1.53. The average molecular weight is 319 g/mol. The molecule has 0 aliphatic heterocycles. The second kappa shape index (κ2) is 8.69. The second-order valence-electron chi connectivity index (χ2n) is 5.10. The Bertz CT molecular complexity index is 480. The van der Waals surface area contributed by atoms with E-state index < -0.39 is 11.0 Å². The zero-order chi connectivity index (χ0) is 15.3. The summed E-state index contributed by atoms with van der Waals surface area (Å²) in [5.74, 6) is 1.28. The van der Waals surface area contributed by atoms with E-state index in [0.29, 0.717) is 29.4 Å². The summed E-state index contributed by atoms with van der Waals surface area (Å²) in [7, 11) is 2.94. The lowest BCUT2D eigenvalue weighted by Gasteiger charge is -2.16. The Balaban J connectivity index is 0.00000400. The van der Waals surface area contributed by atoms with Gasteiger partial charge in [0, 0.05) is 6.04 Å². The number of ether oxygens (including phenoxy) is 2. The van der Waals surface area contributed by atoms with Crippen LogP contribution in [0.4, 0.5) is 5.69 Å². The molecule has 1 aromatic rings. The Morgan fingerprint density at radius 1 is 1.19 bits per heavy atom. The van der Waals surface area contributed by atoms with Crippen molar-refractivity contribution in [1.29, 1.82) is 0 Å². The van der Waals surface area contributed by atoms with Crippen LogP contribution in [0.3, 0.4) is 0 Å². The van der Waals surface area contributed by atoms with Crippen molar-refractivity contribution in [2.24, 2.45) is 11.7 Å². The number of benzene rings is 1. The van der Waals surface area contributed by atoms with Gasteiger partial charge in [-0.05, 0) is 24.8 Å². The first-order chi connectivity index (χ1) is 9.40. The number of halogens is 1. The number of nitro groups is 1. The number of hydrogen-bond acceptors (Lipinski definition) is 5. The highest BCUT2D eigenvalue weighted by Gasteiger charge is 2.23. The maximum absolute atomic E-state index is 11.2. The van der Waals surface area contributed by atoms with E-state index in [1.165, 1.54) is 20.3 Å². The third kappa shape index (κ3) is 5.06. The van der Waals surface area contributed by atoms with Gasteiger partial charge >= 0.3 is 0 Å². The Labute approximate surface area is 131 Å². The van der Waals surface area contributed by atoms with E-state index >= 15 is 0 Å². The molecule has 0 unspecified atom stereocenters. The molecule has 0 saturated carbocycles. The van der Waals surface area contributed by atoms with E-state index in [9.17, 15) is 10.1 Å². The second-order valence-corrected chi connectivity index (χ2v) is 5.10. The molecule has 7 heteroatoms. The number of nitrogens with two attached hydrogens (primary N) is 1. The zero-order valence-corrected chi connectivity index (χ0v) is 13.6. The third-order valence-corrected chi connectivity index (χ3v) is 3.18. The molecule has 2 N–H and O–H groups in total. The Morgan fingerprint density at radius 3 is 2.14 bits per heavy atom. The summed E-state index contributed by atoms with van der Waals surface area (Å²) in [6.07, 6.45) is 1.60. The van der Waals surface area contributed by atoms with Crippen molar-refractivity contribution in [1.82, 2.24) is 0 Å². The van der Waals surface area contributed by atoms with Crippen molar-refractivity contribution in [2.45, 2.75) is 32.7 Å². The third-order valence-electron chi connectivity index (χ3n) is 3.18. The predicted octanol–water partition coefficient (Wildman–Crippen LogP) is 3.47. The summed E-state index contributed by atoms with van der Waals surface area (Å²) in [6.45, 7) is 4.19. The fourth-order valence-electron chi connectivity index (χ4n) is 2.01. The molecule has 6 nitrogen and oxygen atoms in total. The van der Waals surface area contributed by atoms with E-state index in [-0.39, 0.29) is 18.1 Å². The predicted molar refractivity (Wildman–Crippen MR) is 84.4 cm³/mol. The minimum atomic E-state index is -0.438. The van der Waals surface area contributed by atoms with Gasteiger partial charge in [-0.2, -0.15) is 0 Å². The molecule has 0 heterocycles. The van der Waals surface area contributed by atoms with Crippen molar-refractivity contribution in [3.63, 3.8) is 0 Å². The van der Waals surface area contributed by atoms with Crippen LogP contribution in [-0.4, -0.2) is 19.1 Å². The average Bonchev–Trinajstić information content (AvgIpc) is 2.42. The molecular weight excluding hydrogens is 296 g/mol. The first-order valence-corrected chi connectivity index (χ1v) is 6.56. The molecule has 0 radical (unpaired) electrons. The normalized spacial score (nSPS) is 11.7. The van der Waals surface area contributed by atoms with Gasteiger partial charge < -0.3 is 15.2 Å². The number of methoxy groups -OCH3 is 2. The molecule has 0 saturated heterocycles. The van der Waals surface area contributed by atoms with E-state index in [0.717, 1.165) is 6.42 Å². The molecule has 0 fully saturated rings. The highest BCUT2D eigenvalue weighted by atomic mass is 35.5. The maximum atomic E-state index is 11.2. The fourth-order valence-corrected chi connectivity index (χ4v) is 2.01. The summed E-state index contributed by atoms with van der Waals surface area (Å²) in [5, 5.41) is 11.2. The zero-order valence-electron chi connectivity index (χ0n) is 12.8. The number of nitrogens with zero attached hydrogens (tertiary/aromatic N) is 1. The van der Waals surface area contributed by atoms with Gasteiger partial charge in [0.05, 0.1) is 30.8 Å². The summed E-state index contributed by atoms with van der Waals surface area (Å²) in [5.41, 5.74) is 6.55. The largest absolute Gasteiger partial charge is 0.493 e. The van der Waals surface area contributed by atoms with Gasteiger partial charge in [0.1, 0.15) is 0 Å². The minimum Gasteiger partial charge on any atom is -0.493 e. The lowest BCUT2D eigenvalue weighted by molar-refractivity contribution is -0.385. The highest BCUT2D eigenvalue weighted by molar-refractivity contribution is 5.85. The van der Waals surface area contributed by atoms with Crippen LogP contribution < -0.4 is 15.2 Å². The van der Waals surface area contributed by atoms with Gasteiger partial charge in [0.25, 0.3) is 5.69 Å². The van der Waals surface area contributed by atoms with Crippen LogP contribution in [0.2, 0.25) is 0 Å². The molecule has 0 spiro atoms. The van der Waals surface area contributed by atoms with E-state index in [2.05, 4.69) is 13.8 Å². The Kier molecular flexibility index (Phi) is 8.06. The molecule has 1 aromatic carbocycles. The summed E-state index contributed by atoms with van der Waals surface area (Å²) < 4.78 is 10.3. The van der Waals surface area contributed by atoms with Crippen molar-refractivity contribution in [3.8, 4) is 11.5 Å². The van der Waals surface area contributed by atoms with Crippen LogP contribution >= 0.6 is 12.4 Å². The summed E-state index contributed by atoms with van der Waals surface area (Å²) in [6, 6.07) is 2.57. The fraction of sp³-hybridized carbons (Fsp3) is 0.571. The van der Waals surface area contributed by atoms with E-state index in [4.69, 9.17) is 15.2 Å². The monoisotopic (exact) mass is 318 g/mol. The van der Waals surface area contributed by atoms with Crippen LogP contribution in [0.5, 0.6) is 11.5 Å². The van der Waals surface area contributed by atoms with E-state index in [1.807, 2.05) is 0 Å². The molecule has 0 amide bonds. The van der Waals surface area contributed by atoms with E-state index in [1.54, 1.807) is 6.07 Å². The summed E-state index contributed by atoms with van der Waals surface area (Å²) in [4.78, 5) is 10.7. The topological polar surface area (TPSA) is 87.6 Å². The van der Waals surface area contributed by atoms with Gasteiger partial charge in [-0.15, -0.1) is 12.4 Å². The quantitative estimate of drug-likeness (QED) is 0.614. The van der Waals surface area contributed by atoms with Crippen LogP contribution in [0, 0.1) is 16.0 Å². The lowest BCUT2D eigenvalue weighted by Crippen LogP contribution is -2.13. The number of rotatable bonds is 7. The van der Waals surface area contributed by atoms with Gasteiger partial charge in [-0.3, -0.25) is 10.1 Å². The summed E-state index contributed by atoms with van der Waals surface area (Å²) >= 11 is 0. The van der Waals surface area contributed by atoms with Gasteiger partial charge in [-0.25, -0.2) is 0 Å². The van der Waals surface area contributed by atoms with Crippen LogP contribution in [0.1, 0.15) is 38.3 Å². The highest BCUT2D eigenvalue weighted by Crippen LogP contribution is 2.37. The number of nitro benzene ring substituents is 1. The molecule has 21 heavy (non-hydrogen) atoms. The van der Waals surface area contributed by atoms with Crippen LogP contribution in [0.25, 0.3) is 0 Å².